The topological polar surface area (TPSA) is 58.8 Å². The number of carbonyl (C=O) groups is 1. The van der Waals surface area contributed by atoms with Crippen molar-refractivity contribution in [1.82, 2.24) is 9.80 Å². The summed E-state index contributed by atoms with van der Waals surface area (Å²) in [5.41, 5.74) is 4.81. The Morgan fingerprint density at radius 3 is 2.16 bits per heavy atom. The number of nitrogens with zero attached hydrogens (tertiary/aromatic N) is 2. The highest BCUT2D eigenvalue weighted by molar-refractivity contribution is 5.68. The molecule has 1 rings (SSSR count). The molecule has 0 aromatic carbocycles. The minimum atomic E-state index is -2.46. The molecular formula is C12H23F2N3O2. The Morgan fingerprint density at radius 2 is 1.79 bits per heavy atom. The molecule has 0 aromatic rings. The molecule has 0 spiro atoms. The number of piperazine rings is 1. The van der Waals surface area contributed by atoms with Gasteiger partial charge in [0, 0.05) is 32.7 Å². The van der Waals surface area contributed by atoms with E-state index in [4.69, 9.17) is 10.5 Å². The zero-order valence-electron chi connectivity index (χ0n) is 11.7. The fourth-order valence-electron chi connectivity index (χ4n) is 1.97. The van der Waals surface area contributed by atoms with E-state index in [0.29, 0.717) is 26.2 Å². The highest BCUT2D eigenvalue weighted by Gasteiger charge is 2.31. The first-order chi connectivity index (χ1) is 8.74. The van der Waals surface area contributed by atoms with E-state index < -0.39 is 24.2 Å². The van der Waals surface area contributed by atoms with Crippen LogP contribution in [0.2, 0.25) is 0 Å². The molecule has 1 amide bonds. The molecule has 2 N–H and O–H groups in total. The predicted molar refractivity (Wildman–Crippen MR) is 68.2 cm³/mol. The Balaban J connectivity index is 2.46. The van der Waals surface area contributed by atoms with E-state index in [1.54, 1.807) is 30.6 Å². The second-order valence-electron chi connectivity index (χ2n) is 5.64. The average Bonchev–Trinajstić information content (AvgIpc) is 2.28. The average molecular weight is 279 g/mol. The van der Waals surface area contributed by atoms with E-state index in [-0.39, 0.29) is 6.54 Å². The molecule has 1 aliphatic heterocycles. The third-order valence-electron chi connectivity index (χ3n) is 2.97. The molecule has 1 saturated heterocycles. The zero-order valence-corrected chi connectivity index (χ0v) is 11.7. The van der Waals surface area contributed by atoms with Gasteiger partial charge in [-0.2, -0.15) is 0 Å². The molecule has 112 valence electrons. The summed E-state index contributed by atoms with van der Waals surface area (Å²) in [6.07, 6.45) is -2.86. The largest absolute Gasteiger partial charge is 0.444 e. The lowest BCUT2D eigenvalue weighted by molar-refractivity contribution is -0.0113. The van der Waals surface area contributed by atoms with Gasteiger partial charge in [0.05, 0.1) is 6.04 Å². The summed E-state index contributed by atoms with van der Waals surface area (Å²) in [5, 5.41) is 0. The number of nitrogens with two attached hydrogens (primary N) is 1. The highest BCUT2D eigenvalue weighted by Crippen LogP contribution is 2.15. The molecule has 7 heteroatoms. The van der Waals surface area contributed by atoms with Crippen LogP contribution in [0, 0.1) is 0 Å². The smallest absolute Gasteiger partial charge is 0.410 e. The van der Waals surface area contributed by atoms with Crippen LogP contribution < -0.4 is 5.73 Å². The van der Waals surface area contributed by atoms with Crippen molar-refractivity contribution in [3.05, 3.63) is 0 Å². The van der Waals surface area contributed by atoms with Crippen LogP contribution in [0.1, 0.15) is 20.8 Å². The van der Waals surface area contributed by atoms with E-state index >= 15 is 0 Å². The maximum absolute atomic E-state index is 12.7. The molecule has 1 aliphatic rings. The Kier molecular flexibility index (Phi) is 5.49. The zero-order chi connectivity index (χ0) is 14.6. The molecule has 0 bridgehead atoms. The van der Waals surface area contributed by atoms with Gasteiger partial charge in [0.25, 0.3) is 6.43 Å². The summed E-state index contributed by atoms with van der Waals surface area (Å²) in [6, 6.07) is -0.930. The van der Waals surface area contributed by atoms with Crippen molar-refractivity contribution in [2.45, 2.75) is 38.8 Å². The van der Waals surface area contributed by atoms with E-state index in [9.17, 15) is 13.6 Å². The highest BCUT2D eigenvalue weighted by atomic mass is 19.3. The minimum Gasteiger partial charge on any atom is -0.444 e. The number of halogens is 2. The number of rotatable bonds is 3. The molecule has 1 unspecified atom stereocenters. The summed E-state index contributed by atoms with van der Waals surface area (Å²) >= 11 is 0. The lowest BCUT2D eigenvalue weighted by Gasteiger charge is -2.38. The van der Waals surface area contributed by atoms with Crippen molar-refractivity contribution in [1.29, 1.82) is 0 Å². The van der Waals surface area contributed by atoms with E-state index in [1.165, 1.54) is 0 Å². The minimum absolute atomic E-state index is 0.0793. The molecule has 1 heterocycles. The number of amides is 1. The lowest BCUT2D eigenvalue weighted by Crippen LogP contribution is -2.56. The van der Waals surface area contributed by atoms with Crippen molar-refractivity contribution >= 4 is 6.09 Å². The van der Waals surface area contributed by atoms with Gasteiger partial charge in [-0.15, -0.1) is 0 Å². The fraction of sp³-hybridized carbons (Fsp3) is 0.917. The predicted octanol–water partition coefficient (Wildman–Crippen LogP) is 1.13. The maximum Gasteiger partial charge on any atom is 0.410 e. The summed E-state index contributed by atoms with van der Waals surface area (Å²) in [6.45, 7) is 6.87. The van der Waals surface area contributed by atoms with Gasteiger partial charge in [-0.1, -0.05) is 0 Å². The van der Waals surface area contributed by atoms with Gasteiger partial charge in [0.2, 0.25) is 0 Å². The van der Waals surface area contributed by atoms with Crippen LogP contribution in [-0.2, 0) is 4.74 Å². The van der Waals surface area contributed by atoms with Crippen LogP contribution in [0.4, 0.5) is 13.6 Å². The molecule has 1 atom stereocenters. The first kappa shape index (κ1) is 16.1. The molecule has 0 aliphatic carbocycles. The number of alkyl halides is 2. The molecular weight excluding hydrogens is 256 g/mol. The van der Waals surface area contributed by atoms with Crippen molar-refractivity contribution in [2.24, 2.45) is 5.73 Å². The number of hydrogen-bond donors (Lipinski definition) is 1. The maximum atomic E-state index is 12.7. The molecule has 0 aromatic heterocycles. The third-order valence-corrected chi connectivity index (χ3v) is 2.97. The Morgan fingerprint density at radius 1 is 1.26 bits per heavy atom. The summed E-state index contributed by atoms with van der Waals surface area (Å²) in [5.74, 6) is 0. The SMILES string of the molecule is CC(C)(C)OC(=O)N1CCN(C(CN)C(F)F)CC1. The molecule has 0 radical (unpaired) electrons. The van der Waals surface area contributed by atoms with Crippen molar-refractivity contribution < 1.29 is 18.3 Å². The third kappa shape index (κ3) is 4.91. The second-order valence-corrected chi connectivity index (χ2v) is 5.64. The van der Waals surface area contributed by atoms with Crippen molar-refractivity contribution in [3.63, 3.8) is 0 Å². The van der Waals surface area contributed by atoms with Crippen LogP contribution >= 0.6 is 0 Å². The second kappa shape index (κ2) is 6.47. The van der Waals surface area contributed by atoms with Gasteiger partial charge in [-0.25, -0.2) is 13.6 Å². The molecule has 0 saturated carbocycles. The Bertz CT molecular complexity index is 300. The van der Waals surface area contributed by atoms with E-state index in [0.717, 1.165) is 0 Å². The van der Waals surface area contributed by atoms with Crippen LogP contribution in [0.5, 0.6) is 0 Å². The van der Waals surface area contributed by atoms with Gasteiger partial charge in [0.1, 0.15) is 5.60 Å². The number of hydrogen-bond acceptors (Lipinski definition) is 4. The normalized spacial score (nSPS) is 19.6. The van der Waals surface area contributed by atoms with E-state index in [1.807, 2.05) is 0 Å². The quantitative estimate of drug-likeness (QED) is 0.841. The summed E-state index contributed by atoms with van der Waals surface area (Å²) in [7, 11) is 0. The van der Waals surface area contributed by atoms with Crippen LogP contribution in [0.15, 0.2) is 0 Å². The molecule has 19 heavy (non-hydrogen) atoms. The van der Waals surface area contributed by atoms with Crippen LogP contribution in [0.25, 0.3) is 0 Å². The first-order valence-corrected chi connectivity index (χ1v) is 6.45. The van der Waals surface area contributed by atoms with Gasteiger partial charge in [-0.05, 0) is 20.8 Å². The Labute approximate surface area is 112 Å². The lowest BCUT2D eigenvalue weighted by atomic mass is 10.2. The molecule has 1 fully saturated rings. The monoisotopic (exact) mass is 279 g/mol. The van der Waals surface area contributed by atoms with E-state index in [2.05, 4.69) is 0 Å². The van der Waals surface area contributed by atoms with Gasteiger partial charge >= 0.3 is 6.09 Å². The van der Waals surface area contributed by atoms with Gasteiger partial charge in [-0.3, -0.25) is 4.90 Å². The van der Waals surface area contributed by atoms with Crippen LogP contribution in [0.3, 0.4) is 0 Å². The summed E-state index contributed by atoms with van der Waals surface area (Å²) < 4.78 is 30.7. The van der Waals surface area contributed by atoms with Crippen LogP contribution in [-0.4, -0.2) is 66.7 Å². The number of ether oxygens (including phenoxy) is 1. The Hall–Kier alpha value is -0.950. The number of carbonyl (C=O) groups excluding carboxylic acids is 1. The van der Waals surface area contributed by atoms with Crippen molar-refractivity contribution in [3.8, 4) is 0 Å². The fourth-order valence-corrected chi connectivity index (χ4v) is 1.97. The molecule has 5 nitrogen and oxygen atoms in total. The summed E-state index contributed by atoms with van der Waals surface area (Å²) in [4.78, 5) is 15.0. The first-order valence-electron chi connectivity index (χ1n) is 6.45. The van der Waals surface area contributed by atoms with Gasteiger partial charge in [0.15, 0.2) is 0 Å². The van der Waals surface area contributed by atoms with Crippen molar-refractivity contribution in [2.75, 3.05) is 32.7 Å². The standard InChI is InChI=1S/C12H23F2N3O2/c1-12(2,3)19-11(18)17-6-4-16(5-7-17)9(8-15)10(13)14/h9-10H,4-8,15H2,1-3H3. The van der Waals surface area contributed by atoms with Gasteiger partial charge < -0.3 is 15.4 Å².